The van der Waals surface area contributed by atoms with Crippen molar-refractivity contribution in [2.24, 2.45) is 0 Å². The van der Waals surface area contributed by atoms with E-state index in [4.69, 9.17) is 4.74 Å². The Kier molecular flexibility index (Phi) is 6.31. The van der Waals surface area contributed by atoms with Gasteiger partial charge in [0, 0.05) is 30.2 Å². The zero-order valence-electron chi connectivity index (χ0n) is 19.4. The Morgan fingerprint density at radius 1 is 1.22 bits per heavy atom. The average molecular weight is 436 g/mol. The molecule has 0 saturated carbocycles. The number of nitrogens with one attached hydrogen (secondary N) is 2. The number of rotatable bonds is 5. The third kappa shape index (κ3) is 5.72. The second-order valence-corrected chi connectivity index (χ2v) is 9.90. The summed E-state index contributed by atoms with van der Waals surface area (Å²) in [5.74, 6) is 0.929. The van der Waals surface area contributed by atoms with Crippen LogP contribution in [0.2, 0.25) is 0 Å². The summed E-state index contributed by atoms with van der Waals surface area (Å²) in [6.07, 6.45) is 6.85. The summed E-state index contributed by atoms with van der Waals surface area (Å²) in [6.45, 7) is 10.3. The first-order chi connectivity index (χ1) is 15.2. The molecule has 2 aromatic heterocycles. The van der Waals surface area contributed by atoms with E-state index in [1.165, 1.54) is 5.57 Å². The van der Waals surface area contributed by atoms with Gasteiger partial charge in [0.05, 0.1) is 30.7 Å². The molecule has 1 unspecified atom stereocenters. The minimum atomic E-state index is -0.216. The van der Waals surface area contributed by atoms with Gasteiger partial charge >= 0.3 is 0 Å². The van der Waals surface area contributed by atoms with Crippen LogP contribution in [-0.2, 0) is 9.53 Å². The standard InChI is InChI=1S/C25H33N5O2/c1-24(2)14-18(15-25(3,4)29-24)13-23(31)30-11-12-32-21(17-30)20-9-8-19(16-27-20)28-22-7-5-6-10-26-22/h5-10,14,16,21,29H,11-13,15,17H2,1-4H3,(H,26,28). The van der Waals surface area contributed by atoms with Crippen LogP contribution in [0.3, 0.4) is 0 Å². The monoisotopic (exact) mass is 435 g/mol. The molecule has 4 rings (SSSR count). The number of carbonyl (C=O) groups is 1. The maximum absolute atomic E-state index is 13.1. The lowest BCUT2D eigenvalue weighted by Crippen LogP contribution is -2.54. The Hall–Kier alpha value is -2.77. The molecule has 170 valence electrons. The van der Waals surface area contributed by atoms with Gasteiger partial charge in [-0.05, 0) is 58.4 Å². The molecule has 2 N–H and O–H groups in total. The van der Waals surface area contributed by atoms with E-state index in [2.05, 4.69) is 54.4 Å². The lowest BCUT2D eigenvalue weighted by Gasteiger charge is -2.41. The number of hydrogen-bond donors (Lipinski definition) is 2. The molecule has 0 bridgehead atoms. The normalized spacial score (nSPS) is 22.2. The highest BCUT2D eigenvalue weighted by molar-refractivity contribution is 5.79. The van der Waals surface area contributed by atoms with Crippen LogP contribution in [0.25, 0.3) is 0 Å². The minimum absolute atomic E-state index is 0.0175. The Balaban J connectivity index is 1.38. The summed E-state index contributed by atoms with van der Waals surface area (Å²) >= 11 is 0. The van der Waals surface area contributed by atoms with E-state index in [1.54, 1.807) is 12.4 Å². The first kappa shape index (κ1) is 22.4. The quantitative estimate of drug-likeness (QED) is 0.692. The molecule has 1 amide bonds. The van der Waals surface area contributed by atoms with Crippen molar-refractivity contribution >= 4 is 17.4 Å². The predicted octanol–water partition coefficient (Wildman–Crippen LogP) is 3.99. The van der Waals surface area contributed by atoms with E-state index in [9.17, 15) is 4.79 Å². The number of ether oxygens (including phenoxy) is 1. The molecule has 4 heterocycles. The van der Waals surface area contributed by atoms with Gasteiger partial charge in [-0.3, -0.25) is 9.78 Å². The smallest absolute Gasteiger partial charge is 0.226 e. The zero-order valence-corrected chi connectivity index (χ0v) is 19.4. The molecule has 2 aliphatic heterocycles. The van der Waals surface area contributed by atoms with Crippen molar-refractivity contribution < 1.29 is 9.53 Å². The van der Waals surface area contributed by atoms with Crippen molar-refractivity contribution in [3.05, 3.63) is 60.1 Å². The van der Waals surface area contributed by atoms with Gasteiger partial charge < -0.3 is 20.3 Å². The molecular formula is C25H33N5O2. The van der Waals surface area contributed by atoms with Gasteiger partial charge in [0.15, 0.2) is 0 Å². The molecular weight excluding hydrogens is 402 g/mol. The summed E-state index contributed by atoms with van der Waals surface area (Å²) in [5.41, 5.74) is 2.77. The molecule has 2 aromatic rings. The fraction of sp³-hybridized carbons (Fsp3) is 0.480. The van der Waals surface area contributed by atoms with Crippen LogP contribution in [0.15, 0.2) is 54.4 Å². The van der Waals surface area contributed by atoms with Crippen molar-refractivity contribution in [1.82, 2.24) is 20.2 Å². The number of pyridine rings is 2. The van der Waals surface area contributed by atoms with Crippen molar-refractivity contribution in [2.75, 3.05) is 25.0 Å². The maximum Gasteiger partial charge on any atom is 0.226 e. The molecule has 0 spiro atoms. The minimum Gasteiger partial charge on any atom is -0.368 e. The maximum atomic E-state index is 13.1. The van der Waals surface area contributed by atoms with E-state index in [-0.39, 0.29) is 23.1 Å². The largest absolute Gasteiger partial charge is 0.368 e. The Morgan fingerprint density at radius 2 is 2.06 bits per heavy atom. The van der Waals surface area contributed by atoms with Gasteiger partial charge in [-0.1, -0.05) is 17.7 Å². The van der Waals surface area contributed by atoms with Crippen LogP contribution in [0.1, 0.15) is 52.3 Å². The zero-order chi connectivity index (χ0) is 22.8. The van der Waals surface area contributed by atoms with E-state index < -0.39 is 0 Å². The van der Waals surface area contributed by atoms with E-state index in [0.29, 0.717) is 26.1 Å². The topological polar surface area (TPSA) is 79.4 Å². The van der Waals surface area contributed by atoms with Gasteiger partial charge in [-0.2, -0.15) is 0 Å². The average Bonchev–Trinajstić information content (AvgIpc) is 2.73. The highest BCUT2D eigenvalue weighted by Crippen LogP contribution is 2.30. The third-order valence-corrected chi connectivity index (χ3v) is 5.75. The Bertz CT molecular complexity index is 970. The number of anilines is 2. The van der Waals surface area contributed by atoms with Crippen molar-refractivity contribution in [3.63, 3.8) is 0 Å². The number of aromatic nitrogens is 2. The lowest BCUT2D eigenvalue weighted by molar-refractivity contribution is -0.138. The van der Waals surface area contributed by atoms with Gasteiger partial charge in [-0.25, -0.2) is 4.98 Å². The number of nitrogens with zero attached hydrogens (tertiary/aromatic N) is 3. The summed E-state index contributed by atoms with van der Waals surface area (Å²) < 4.78 is 5.94. The SMILES string of the molecule is CC1(C)C=C(CC(=O)N2CCOC(c3ccc(Nc4ccccn4)cn3)C2)CC(C)(C)N1. The summed E-state index contributed by atoms with van der Waals surface area (Å²) in [7, 11) is 0. The third-order valence-electron chi connectivity index (χ3n) is 5.75. The first-order valence-corrected chi connectivity index (χ1v) is 11.2. The van der Waals surface area contributed by atoms with Gasteiger partial charge in [0.1, 0.15) is 11.9 Å². The summed E-state index contributed by atoms with van der Waals surface area (Å²) in [4.78, 5) is 23.8. The van der Waals surface area contributed by atoms with E-state index in [1.807, 2.05) is 35.2 Å². The summed E-state index contributed by atoms with van der Waals surface area (Å²) in [6, 6.07) is 9.63. The molecule has 1 saturated heterocycles. The second-order valence-electron chi connectivity index (χ2n) is 9.90. The number of hydrogen-bond acceptors (Lipinski definition) is 6. The van der Waals surface area contributed by atoms with E-state index in [0.717, 1.165) is 23.6 Å². The predicted molar refractivity (Wildman–Crippen MR) is 126 cm³/mol. The lowest BCUT2D eigenvalue weighted by atomic mass is 9.82. The molecule has 1 atom stereocenters. The Labute approximate surface area is 190 Å². The van der Waals surface area contributed by atoms with Crippen LogP contribution in [0.4, 0.5) is 11.5 Å². The second kappa shape index (κ2) is 9.00. The summed E-state index contributed by atoms with van der Waals surface area (Å²) in [5, 5.41) is 6.85. The fourth-order valence-electron chi connectivity index (χ4n) is 4.81. The van der Waals surface area contributed by atoms with E-state index >= 15 is 0 Å². The molecule has 0 aliphatic carbocycles. The van der Waals surface area contributed by atoms with Crippen LogP contribution in [0, 0.1) is 0 Å². The number of carbonyl (C=O) groups excluding carboxylic acids is 1. The molecule has 0 radical (unpaired) electrons. The van der Waals surface area contributed by atoms with Gasteiger partial charge in [0.2, 0.25) is 5.91 Å². The van der Waals surface area contributed by atoms with Gasteiger partial charge in [-0.15, -0.1) is 0 Å². The van der Waals surface area contributed by atoms with Crippen molar-refractivity contribution in [1.29, 1.82) is 0 Å². The molecule has 32 heavy (non-hydrogen) atoms. The molecule has 0 aromatic carbocycles. The van der Waals surface area contributed by atoms with Crippen molar-refractivity contribution in [2.45, 2.75) is 57.7 Å². The first-order valence-electron chi connectivity index (χ1n) is 11.2. The molecule has 7 nitrogen and oxygen atoms in total. The molecule has 2 aliphatic rings. The molecule has 7 heteroatoms. The number of amides is 1. The van der Waals surface area contributed by atoms with Crippen LogP contribution in [0.5, 0.6) is 0 Å². The van der Waals surface area contributed by atoms with Crippen LogP contribution >= 0.6 is 0 Å². The van der Waals surface area contributed by atoms with Crippen LogP contribution < -0.4 is 10.6 Å². The van der Waals surface area contributed by atoms with Crippen molar-refractivity contribution in [3.8, 4) is 0 Å². The number of morpholine rings is 1. The Morgan fingerprint density at radius 3 is 2.75 bits per heavy atom. The van der Waals surface area contributed by atoms with Gasteiger partial charge in [0.25, 0.3) is 0 Å². The fourth-order valence-corrected chi connectivity index (χ4v) is 4.81. The molecule has 1 fully saturated rings. The highest BCUT2D eigenvalue weighted by atomic mass is 16.5. The highest BCUT2D eigenvalue weighted by Gasteiger charge is 2.34. The van der Waals surface area contributed by atoms with Crippen LogP contribution in [-0.4, -0.2) is 51.5 Å².